The summed E-state index contributed by atoms with van der Waals surface area (Å²) in [5, 5.41) is 0. The van der Waals surface area contributed by atoms with E-state index in [-0.39, 0.29) is 25.8 Å². The molecular formula is C10H14ClHf-. The Labute approximate surface area is 99.2 Å². The number of hydrogen-bond donors (Lipinski definition) is 0. The predicted octanol–water partition coefficient (Wildman–Crippen LogP) is 3.49. The summed E-state index contributed by atoms with van der Waals surface area (Å²) in [5.74, 6) is 0.556. The van der Waals surface area contributed by atoms with Crippen LogP contribution in [0, 0.1) is 6.08 Å². The van der Waals surface area contributed by atoms with Gasteiger partial charge in [0.25, 0.3) is 0 Å². The molecule has 0 amide bonds. The Hall–Kier alpha value is 0.380. The van der Waals surface area contributed by atoms with Gasteiger partial charge >= 0.3 is 0 Å². The maximum absolute atomic E-state index is 5.07. The van der Waals surface area contributed by atoms with Crippen LogP contribution < -0.4 is 0 Å². The number of halogens is 1. The first-order valence-corrected chi connectivity index (χ1v) is 4.31. The number of hydrogen-bond acceptors (Lipinski definition) is 0. The van der Waals surface area contributed by atoms with E-state index in [2.05, 4.69) is 31.7 Å². The van der Waals surface area contributed by atoms with Crippen molar-refractivity contribution in [3.8, 4) is 0 Å². The zero-order valence-corrected chi connectivity index (χ0v) is 11.8. The minimum Gasteiger partial charge on any atom is -0.270 e. The topological polar surface area (TPSA) is 0 Å². The molecule has 1 aliphatic rings. The first-order valence-electron chi connectivity index (χ1n) is 3.78. The first-order chi connectivity index (χ1) is 5.35. The zero-order valence-electron chi connectivity index (χ0n) is 7.44. The molecule has 0 atom stereocenters. The van der Waals surface area contributed by atoms with E-state index >= 15 is 0 Å². The largest absolute Gasteiger partial charge is 0.270 e. The molecule has 0 fully saturated rings. The molecule has 0 saturated carbocycles. The molecule has 12 heavy (non-hydrogen) atoms. The fourth-order valence-electron chi connectivity index (χ4n) is 0.693. The molecule has 0 aromatic rings. The molecule has 1 aliphatic carbocycles. The van der Waals surface area contributed by atoms with Gasteiger partial charge in [-0.15, -0.1) is 24.6 Å². The minimum atomic E-state index is 0. The maximum atomic E-state index is 5.07. The summed E-state index contributed by atoms with van der Waals surface area (Å²) < 4.78 is 0. The molecule has 0 N–H and O–H groups in total. The van der Waals surface area contributed by atoms with E-state index in [1.54, 1.807) is 6.08 Å². The van der Waals surface area contributed by atoms with Crippen molar-refractivity contribution in [2.75, 3.05) is 5.88 Å². The quantitative estimate of drug-likeness (QED) is 0.310. The van der Waals surface area contributed by atoms with Crippen LogP contribution in [0.5, 0.6) is 0 Å². The van der Waals surface area contributed by atoms with Gasteiger partial charge in [-0.05, 0) is 0 Å². The third-order valence-corrected chi connectivity index (χ3v) is 1.47. The Balaban J connectivity index is 0. The van der Waals surface area contributed by atoms with Crippen molar-refractivity contribution in [1.82, 2.24) is 0 Å². The zero-order chi connectivity index (χ0) is 8.53. The second-order valence-corrected chi connectivity index (χ2v) is 2.41. The maximum Gasteiger partial charge on any atom is 0.0401 e. The van der Waals surface area contributed by atoms with Crippen molar-refractivity contribution in [1.29, 1.82) is 0 Å². The van der Waals surface area contributed by atoms with E-state index in [9.17, 15) is 0 Å². The molecule has 1 rings (SSSR count). The number of alkyl halides is 1. The van der Waals surface area contributed by atoms with Gasteiger partial charge in [0.15, 0.2) is 0 Å². The van der Waals surface area contributed by atoms with Crippen molar-refractivity contribution in [2.24, 2.45) is 0 Å². The van der Waals surface area contributed by atoms with Crippen molar-refractivity contribution in [3.63, 3.8) is 0 Å². The Bertz CT molecular complexity index is 159. The molecular weight excluding hydrogens is 334 g/mol. The fraction of sp³-hybridized carbons (Fsp3) is 0.400. The molecule has 0 heterocycles. The summed E-state index contributed by atoms with van der Waals surface area (Å²) in [4.78, 5) is 0. The van der Waals surface area contributed by atoms with E-state index in [0.29, 0.717) is 5.88 Å². The van der Waals surface area contributed by atoms with Crippen molar-refractivity contribution in [2.45, 2.75) is 19.8 Å². The molecule has 0 saturated heterocycles. The first kappa shape index (κ1) is 14.9. The predicted molar refractivity (Wildman–Crippen MR) is 51.7 cm³/mol. The van der Waals surface area contributed by atoms with Crippen LogP contribution in [0.3, 0.4) is 0 Å². The van der Waals surface area contributed by atoms with E-state index in [1.165, 1.54) is 5.57 Å². The number of rotatable bonds is 2. The Kier molecular flexibility index (Phi) is 14.1. The van der Waals surface area contributed by atoms with Crippen LogP contribution in [0.4, 0.5) is 0 Å². The normalized spacial score (nSPS) is 12.3. The SMILES string of the molecule is C=CCCl.CCC1=[C-]CC=C1.[Hf]. The Morgan fingerprint density at radius 2 is 2.33 bits per heavy atom. The Morgan fingerprint density at radius 3 is 2.50 bits per heavy atom. The smallest absolute Gasteiger partial charge is 0.0401 e. The summed E-state index contributed by atoms with van der Waals surface area (Å²) in [6, 6.07) is 0. The van der Waals surface area contributed by atoms with E-state index in [4.69, 9.17) is 11.6 Å². The molecule has 2 heteroatoms. The molecule has 0 bridgehead atoms. The molecule has 0 aliphatic heterocycles. The standard InChI is InChI=1S/C7H9.C3H5Cl.Hf/c1-2-7-5-3-4-6-7;1-2-3-4;/h3,5H,2,4H2,1H3;2H,1,3H2;/q-1;;. The van der Waals surface area contributed by atoms with Gasteiger partial charge in [0.1, 0.15) is 0 Å². The summed E-state index contributed by atoms with van der Waals surface area (Å²) in [7, 11) is 0. The van der Waals surface area contributed by atoms with E-state index in [1.807, 2.05) is 0 Å². The monoisotopic (exact) mass is 349 g/mol. The van der Waals surface area contributed by atoms with Gasteiger partial charge in [0.2, 0.25) is 0 Å². The second-order valence-electron chi connectivity index (χ2n) is 2.11. The van der Waals surface area contributed by atoms with Crippen LogP contribution in [0.1, 0.15) is 19.8 Å². The number of allylic oxidation sites excluding steroid dienone is 5. The van der Waals surface area contributed by atoms with Gasteiger partial charge in [-0.1, -0.05) is 19.4 Å². The molecule has 0 aromatic carbocycles. The summed E-state index contributed by atoms with van der Waals surface area (Å²) in [6.07, 6.45) is 11.3. The van der Waals surface area contributed by atoms with Crippen LogP contribution in [-0.4, -0.2) is 5.88 Å². The Morgan fingerprint density at radius 1 is 1.75 bits per heavy atom. The van der Waals surface area contributed by atoms with Crippen molar-refractivity contribution in [3.05, 3.63) is 36.5 Å². The van der Waals surface area contributed by atoms with Crippen LogP contribution in [0.15, 0.2) is 30.4 Å². The van der Waals surface area contributed by atoms with Crippen LogP contribution in [0.25, 0.3) is 0 Å². The van der Waals surface area contributed by atoms with Gasteiger partial charge < -0.3 is 0 Å². The average Bonchev–Trinajstić information content (AvgIpc) is 2.56. The van der Waals surface area contributed by atoms with Gasteiger partial charge in [-0.25, -0.2) is 11.6 Å². The second kappa shape index (κ2) is 11.4. The van der Waals surface area contributed by atoms with E-state index < -0.39 is 0 Å². The third kappa shape index (κ3) is 8.48. The third-order valence-electron chi connectivity index (χ3n) is 1.26. The summed E-state index contributed by atoms with van der Waals surface area (Å²) in [6.45, 7) is 5.50. The van der Waals surface area contributed by atoms with E-state index in [0.717, 1.165) is 12.8 Å². The molecule has 0 aromatic heterocycles. The van der Waals surface area contributed by atoms with Crippen LogP contribution >= 0.6 is 11.6 Å². The van der Waals surface area contributed by atoms with Gasteiger partial charge in [-0.3, -0.25) is 6.08 Å². The minimum absolute atomic E-state index is 0. The molecule has 0 nitrogen and oxygen atoms in total. The molecule has 0 radical (unpaired) electrons. The van der Waals surface area contributed by atoms with Gasteiger partial charge in [-0.2, -0.15) is 6.08 Å². The van der Waals surface area contributed by atoms with Gasteiger partial charge in [0, 0.05) is 31.7 Å². The molecule has 0 unspecified atom stereocenters. The van der Waals surface area contributed by atoms with Crippen LogP contribution in [-0.2, 0) is 25.8 Å². The summed E-state index contributed by atoms with van der Waals surface area (Å²) in [5.41, 5.74) is 1.36. The van der Waals surface area contributed by atoms with Crippen molar-refractivity contribution >= 4 is 11.6 Å². The molecule has 66 valence electrons. The van der Waals surface area contributed by atoms with Gasteiger partial charge in [0.05, 0.1) is 0 Å². The van der Waals surface area contributed by atoms with Crippen LogP contribution in [0.2, 0.25) is 0 Å². The van der Waals surface area contributed by atoms with Crippen molar-refractivity contribution < 1.29 is 25.8 Å². The summed E-state index contributed by atoms with van der Waals surface area (Å²) >= 11 is 5.07. The average molecular weight is 348 g/mol. The fourth-order valence-corrected chi connectivity index (χ4v) is 0.693. The molecule has 0 spiro atoms.